The van der Waals surface area contributed by atoms with Crippen LogP contribution in [0.2, 0.25) is 0 Å². The first-order valence-electron chi connectivity index (χ1n) is 18.5. The van der Waals surface area contributed by atoms with E-state index in [0.717, 1.165) is 91.2 Å². The Morgan fingerprint density at radius 1 is 0.980 bits per heavy atom. The van der Waals surface area contributed by atoms with Crippen LogP contribution in [0.4, 0.5) is 10.6 Å². The normalized spacial score (nSPS) is 26.6. The Kier molecular flexibility index (Phi) is 9.75. The third kappa shape index (κ3) is 7.10. The van der Waals surface area contributed by atoms with E-state index in [1.807, 2.05) is 23.4 Å². The van der Waals surface area contributed by atoms with Gasteiger partial charge in [-0.3, -0.25) is 9.69 Å². The van der Waals surface area contributed by atoms with Crippen LogP contribution in [-0.2, 0) is 14.9 Å². The minimum atomic E-state index is -0.305. The van der Waals surface area contributed by atoms with Gasteiger partial charge in [0.1, 0.15) is 17.7 Å². The molecule has 8 rings (SSSR count). The number of thiazole rings is 1. The van der Waals surface area contributed by atoms with Crippen LogP contribution in [0.3, 0.4) is 0 Å². The van der Waals surface area contributed by atoms with Gasteiger partial charge in [0.05, 0.1) is 17.0 Å². The average Bonchev–Trinajstić information content (AvgIpc) is 3.61. The first kappa shape index (κ1) is 34.0. The summed E-state index contributed by atoms with van der Waals surface area (Å²) in [7, 11) is 1.74. The summed E-state index contributed by atoms with van der Waals surface area (Å²) < 4.78 is 11.3. The minimum Gasteiger partial charge on any atom is -0.496 e. The van der Waals surface area contributed by atoms with Crippen LogP contribution >= 0.6 is 11.3 Å². The monoisotopic (exact) mass is 684 g/mol. The quantitative estimate of drug-likeness (QED) is 0.229. The topological polar surface area (TPSA) is 93.6 Å². The van der Waals surface area contributed by atoms with E-state index >= 15 is 0 Å². The Morgan fingerprint density at radius 2 is 1.71 bits per heavy atom. The number of hydrogen-bond acceptors (Lipinski definition) is 7. The van der Waals surface area contributed by atoms with Crippen molar-refractivity contribution in [2.45, 2.75) is 128 Å². The summed E-state index contributed by atoms with van der Waals surface area (Å²) in [5.74, 6) is 2.11. The first-order chi connectivity index (χ1) is 23.7. The highest BCUT2D eigenvalue weighted by Crippen LogP contribution is 2.58. The number of hydrogen-bond donors (Lipinski definition) is 1. The second-order valence-corrected chi connectivity index (χ2v) is 16.7. The molecule has 1 aromatic carbocycles. The van der Waals surface area contributed by atoms with Crippen molar-refractivity contribution in [3.05, 3.63) is 58.9 Å². The Hall–Kier alpha value is -3.46. The lowest BCUT2D eigenvalue weighted by Crippen LogP contribution is -2.52. The standard InChI is InChI=1S/C40H52N4O4S/c1-26(2)36-42-24-34(49-36)29-14-21-41-35(23-29)44(37(45)28-8-11-32(12-9-28)48-38(46)43-31-6-5-7-31)25-39-15-18-40(19-16-39,20-17-39)30-10-13-33(47-4)27(3)22-30/h10,13-14,21-24,26,28,31-32H,5-9,11-12,15-20,25H2,1-4H3,(H,43,46). The number of benzene rings is 1. The number of carbonyl (C=O) groups excluding carboxylic acids is 2. The van der Waals surface area contributed by atoms with Gasteiger partial charge in [0.15, 0.2) is 0 Å². The van der Waals surface area contributed by atoms with Crippen molar-refractivity contribution in [3.8, 4) is 16.2 Å². The molecule has 5 fully saturated rings. The van der Waals surface area contributed by atoms with Crippen LogP contribution < -0.4 is 15.0 Å². The van der Waals surface area contributed by atoms with E-state index in [1.165, 1.54) is 17.5 Å². The van der Waals surface area contributed by atoms with E-state index in [2.05, 4.69) is 55.3 Å². The van der Waals surface area contributed by atoms with Crippen molar-refractivity contribution >= 4 is 29.2 Å². The summed E-state index contributed by atoms with van der Waals surface area (Å²) in [6.07, 6.45) is 16.2. The number of ether oxygens (including phenoxy) is 2. The SMILES string of the molecule is COc1ccc(C23CCC(CN(C(=O)C4CCC(OC(=O)NC5CCC5)CC4)c4cc(-c5cnc(C(C)C)s5)ccn4)(CC2)CC3)cc1C. The van der Waals surface area contributed by atoms with Crippen molar-refractivity contribution in [2.75, 3.05) is 18.6 Å². The number of pyridine rings is 1. The highest BCUT2D eigenvalue weighted by atomic mass is 32.1. The first-order valence-corrected chi connectivity index (χ1v) is 19.3. The van der Waals surface area contributed by atoms with Crippen molar-refractivity contribution in [3.63, 3.8) is 0 Å². The minimum absolute atomic E-state index is 0.0752. The van der Waals surface area contributed by atoms with E-state index in [1.54, 1.807) is 18.4 Å². The maximum Gasteiger partial charge on any atom is 0.407 e. The molecular weight excluding hydrogens is 633 g/mol. The van der Waals surface area contributed by atoms with Gasteiger partial charge in [-0.1, -0.05) is 26.0 Å². The van der Waals surface area contributed by atoms with Crippen LogP contribution in [0, 0.1) is 18.3 Å². The molecular formula is C40H52N4O4S. The van der Waals surface area contributed by atoms with Crippen molar-refractivity contribution in [1.29, 1.82) is 0 Å². The van der Waals surface area contributed by atoms with Crippen LogP contribution in [0.5, 0.6) is 5.75 Å². The maximum atomic E-state index is 14.6. The van der Waals surface area contributed by atoms with Gasteiger partial charge in [-0.15, -0.1) is 11.3 Å². The molecule has 2 aromatic heterocycles. The smallest absolute Gasteiger partial charge is 0.407 e. The lowest BCUT2D eigenvalue weighted by molar-refractivity contribution is -0.124. The second-order valence-electron chi connectivity index (χ2n) is 15.7. The molecule has 0 radical (unpaired) electrons. The molecule has 1 N–H and O–H groups in total. The number of amides is 2. The highest BCUT2D eigenvalue weighted by Gasteiger charge is 2.51. The molecule has 8 nitrogen and oxygen atoms in total. The Balaban J connectivity index is 1.09. The zero-order chi connectivity index (χ0) is 34.2. The number of nitrogens with one attached hydrogen (secondary N) is 1. The number of aromatic nitrogens is 2. The van der Waals surface area contributed by atoms with E-state index < -0.39 is 0 Å². The number of alkyl carbamates (subject to hydrolysis) is 1. The van der Waals surface area contributed by atoms with Gasteiger partial charge in [0.2, 0.25) is 5.91 Å². The van der Waals surface area contributed by atoms with Gasteiger partial charge in [-0.05, 0) is 136 Å². The number of fused-ring (bicyclic) bond motifs is 3. The van der Waals surface area contributed by atoms with Gasteiger partial charge in [0, 0.05) is 36.8 Å². The molecule has 3 aromatic rings. The van der Waals surface area contributed by atoms with Crippen LogP contribution in [0.15, 0.2) is 42.7 Å². The largest absolute Gasteiger partial charge is 0.496 e. The Labute approximate surface area is 295 Å². The van der Waals surface area contributed by atoms with Crippen molar-refractivity contribution < 1.29 is 19.1 Å². The molecule has 0 atom stereocenters. The fourth-order valence-electron chi connectivity index (χ4n) is 8.71. The summed E-state index contributed by atoms with van der Waals surface area (Å²) in [6.45, 7) is 7.17. The molecule has 9 heteroatoms. The molecule has 0 saturated heterocycles. The zero-order valence-corrected chi connectivity index (χ0v) is 30.4. The van der Waals surface area contributed by atoms with Gasteiger partial charge in [0.25, 0.3) is 0 Å². The molecule has 0 spiro atoms. The lowest BCUT2D eigenvalue weighted by atomic mass is 9.51. The molecule has 5 aliphatic rings. The van der Waals surface area contributed by atoms with Gasteiger partial charge >= 0.3 is 6.09 Å². The third-order valence-corrected chi connectivity index (χ3v) is 13.6. The molecule has 262 valence electrons. The van der Waals surface area contributed by atoms with Crippen LogP contribution in [0.25, 0.3) is 10.4 Å². The number of nitrogens with zero attached hydrogens (tertiary/aromatic N) is 3. The van der Waals surface area contributed by atoms with Gasteiger partial charge < -0.3 is 14.8 Å². The fourth-order valence-corrected chi connectivity index (χ4v) is 9.63. The molecule has 2 heterocycles. The van der Waals surface area contributed by atoms with E-state index in [-0.39, 0.29) is 40.9 Å². The predicted octanol–water partition coefficient (Wildman–Crippen LogP) is 9.11. The second kappa shape index (κ2) is 14.0. The maximum absolute atomic E-state index is 14.6. The van der Waals surface area contributed by atoms with E-state index in [4.69, 9.17) is 14.5 Å². The summed E-state index contributed by atoms with van der Waals surface area (Å²) in [6, 6.07) is 11.1. The molecule has 5 saturated carbocycles. The third-order valence-electron chi connectivity index (χ3n) is 12.2. The highest BCUT2D eigenvalue weighted by molar-refractivity contribution is 7.15. The number of anilines is 1. The van der Waals surface area contributed by atoms with Gasteiger partial charge in [-0.2, -0.15) is 0 Å². The summed E-state index contributed by atoms with van der Waals surface area (Å²) in [5, 5.41) is 4.10. The van der Waals surface area contributed by atoms with Crippen LogP contribution in [-0.4, -0.2) is 47.8 Å². The van der Waals surface area contributed by atoms with E-state index in [9.17, 15) is 9.59 Å². The molecule has 0 aliphatic heterocycles. The average molecular weight is 685 g/mol. The molecule has 49 heavy (non-hydrogen) atoms. The van der Waals surface area contributed by atoms with Crippen molar-refractivity contribution in [2.24, 2.45) is 11.3 Å². The number of carbonyl (C=O) groups is 2. The number of methoxy groups -OCH3 is 1. The molecule has 2 amide bonds. The number of rotatable bonds is 10. The summed E-state index contributed by atoms with van der Waals surface area (Å²) in [4.78, 5) is 39.7. The zero-order valence-electron chi connectivity index (χ0n) is 29.6. The van der Waals surface area contributed by atoms with Crippen LogP contribution in [0.1, 0.15) is 119 Å². The molecule has 2 bridgehead atoms. The molecule has 0 unspecified atom stereocenters. The predicted molar refractivity (Wildman–Crippen MR) is 194 cm³/mol. The summed E-state index contributed by atoms with van der Waals surface area (Å²) >= 11 is 1.71. The molecule has 5 aliphatic carbocycles. The Morgan fingerprint density at radius 3 is 2.33 bits per heavy atom. The Bertz CT molecular complexity index is 1630. The van der Waals surface area contributed by atoms with E-state index in [0.29, 0.717) is 25.3 Å². The lowest BCUT2D eigenvalue weighted by Gasteiger charge is -2.55. The summed E-state index contributed by atoms with van der Waals surface area (Å²) in [5.41, 5.74) is 3.97. The van der Waals surface area contributed by atoms with Crippen molar-refractivity contribution in [1.82, 2.24) is 15.3 Å². The number of aryl methyl sites for hydroxylation is 1. The van der Waals surface area contributed by atoms with Gasteiger partial charge in [-0.25, -0.2) is 14.8 Å². The fraction of sp³-hybridized carbons (Fsp3) is 0.600.